The van der Waals surface area contributed by atoms with E-state index in [0.717, 1.165) is 25.0 Å². The molecule has 1 aliphatic rings. The van der Waals surface area contributed by atoms with Gasteiger partial charge in [-0.05, 0) is 38.4 Å². The largest absolute Gasteiger partial charge is 0.355 e. The van der Waals surface area contributed by atoms with Crippen LogP contribution in [0.5, 0.6) is 0 Å². The van der Waals surface area contributed by atoms with E-state index in [1.54, 1.807) is 10.5 Å². The van der Waals surface area contributed by atoms with Crippen molar-refractivity contribution >= 4 is 15.9 Å². The molecule has 1 aromatic heterocycles. The number of amides is 1. The normalized spacial score (nSPS) is 19.1. The summed E-state index contributed by atoms with van der Waals surface area (Å²) in [6.07, 6.45) is 6.47. The molecule has 1 aliphatic heterocycles. The minimum Gasteiger partial charge on any atom is -0.355 e. The Balaban J connectivity index is 1.72. The number of hydrogen-bond acceptors (Lipinski definition) is 5. The fraction of sp³-hybridized carbons (Fsp3) is 0.647. The number of nitrogens with one attached hydrogen (secondary N) is 1. The summed E-state index contributed by atoms with van der Waals surface area (Å²) in [5, 5.41) is 2.90. The molecule has 1 fully saturated rings. The van der Waals surface area contributed by atoms with Crippen molar-refractivity contribution in [1.29, 1.82) is 0 Å². The molecule has 0 aromatic carbocycles. The Labute approximate surface area is 150 Å². The second kappa shape index (κ2) is 9.26. The van der Waals surface area contributed by atoms with Crippen molar-refractivity contribution in [2.75, 3.05) is 32.9 Å². The van der Waals surface area contributed by atoms with Gasteiger partial charge in [-0.3, -0.25) is 14.7 Å². The van der Waals surface area contributed by atoms with Gasteiger partial charge in [-0.2, -0.15) is 4.31 Å². The molecule has 7 nitrogen and oxygen atoms in total. The molecule has 1 atom stereocenters. The van der Waals surface area contributed by atoms with Crippen molar-refractivity contribution in [2.24, 2.45) is 0 Å². The molecule has 140 valence electrons. The minimum atomic E-state index is -3.17. The molecular weight excluding hydrogens is 340 g/mol. The number of pyridine rings is 1. The molecule has 0 radical (unpaired) electrons. The maximum Gasteiger partial charge on any atom is 0.234 e. The summed E-state index contributed by atoms with van der Waals surface area (Å²) in [5.41, 5.74) is 0.920. The molecule has 1 aromatic rings. The van der Waals surface area contributed by atoms with Gasteiger partial charge in [-0.1, -0.05) is 12.5 Å². The summed E-state index contributed by atoms with van der Waals surface area (Å²) in [6, 6.07) is 5.71. The Morgan fingerprint density at radius 2 is 2.20 bits per heavy atom. The van der Waals surface area contributed by atoms with Crippen LogP contribution in [0.4, 0.5) is 0 Å². The number of likely N-dealkylation sites (N-methyl/N-ethyl adjacent to an activating group) is 1. The van der Waals surface area contributed by atoms with E-state index in [4.69, 9.17) is 0 Å². The first-order valence-electron chi connectivity index (χ1n) is 8.68. The molecule has 1 amide bonds. The Bertz CT molecular complexity index is 651. The second-order valence-electron chi connectivity index (χ2n) is 6.66. The van der Waals surface area contributed by atoms with Gasteiger partial charge in [0, 0.05) is 31.9 Å². The van der Waals surface area contributed by atoms with E-state index in [9.17, 15) is 13.2 Å². The van der Waals surface area contributed by atoms with E-state index >= 15 is 0 Å². The van der Waals surface area contributed by atoms with Crippen LogP contribution in [0.25, 0.3) is 0 Å². The zero-order valence-electron chi connectivity index (χ0n) is 15.0. The van der Waals surface area contributed by atoms with Crippen molar-refractivity contribution in [1.82, 2.24) is 19.5 Å². The highest BCUT2D eigenvalue weighted by atomic mass is 32.2. The van der Waals surface area contributed by atoms with Gasteiger partial charge >= 0.3 is 0 Å². The highest BCUT2D eigenvalue weighted by Crippen LogP contribution is 2.21. The Hall–Kier alpha value is -1.51. The molecule has 0 bridgehead atoms. The maximum atomic E-state index is 12.1. The van der Waals surface area contributed by atoms with Gasteiger partial charge in [0.15, 0.2) is 0 Å². The van der Waals surface area contributed by atoms with Crippen LogP contribution < -0.4 is 5.32 Å². The van der Waals surface area contributed by atoms with Crippen LogP contribution in [0.3, 0.4) is 0 Å². The second-order valence-corrected chi connectivity index (χ2v) is 8.59. The predicted octanol–water partition coefficient (Wildman–Crippen LogP) is 0.834. The molecule has 0 unspecified atom stereocenters. The van der Waals surface area contributed by atoms with Gasteiger partial charge < -0.3 is 5.32 Å². The smallest absolute Gasteiger partial charge is 0.234 e. The van der Waals surface area contributed by atoms with Gasteiger partial charge in [0.05, 0.1) is 18.5 Å². The van der Waals surface area contributed by atoms with Crippen molar-refractivity contribution in [3.05, 3.63) is 30.1 Å². The summed E-state index contributed by atoms with van der Waals surface area (Å²) in [6.45, 7) is 1.98. The van der Waals surface area contributed by atoms with Crippen molar-refractivity contribution in [3.8, 4) is 0 Å². The number of piperidine rings is 1. The molecule has 1 saturated heterocycles. The fourth-order valence-corrected chi connectivity index (χ4v) is 4.42. The number of carbonyl (C=O) groups is 1. The number of hydrogen-bond donors (Lipinski definition) is 1. The summed E-state index contributed by atoms with van der Waals surface area (Å²) in [7, 11) is -1.30. The molecule has 25 heavy (non-hydrogen) atoms. The quantitative estimate of drug-likeness (QED) is 0.735. The van der Waals surface area contributed by atoms with E-state index in [1.807, 2.05) is 30.1 Å². The lowest BCUT2D eigenvalue weighted by molar-refractivity contribution is -0.122. The lowest BCUT2D eigenvalue weighted by atomic mass is 10.0. The molecule has 0 spiro atoms. The average molecular weight is 369 g/mol. The lowest BCUT2D eigenvalue weighted by Crippen LogP contribution is -2.45. The predicted molar refractivity (Wildman–Crippen MR) is 97.4 cm³/mol. The zero-order valence-corrected chi connectivity index (χ0v) is 15.8. The third-order valence-electron chi connectivity index (χ3n) is 4.37. The summed E-state index contributed by atoms with van der Waals surface area (Å²) in [4.78, 5) is 18.2. The highest BCUT2D eigenvalue weighted by molar-refractivity contribution is 7.88. The molecule has 8 heteroatoms. The van der Waals surface area contributed by atoms with Crippen molar-refractivity contribution in [3.63, 3.8) is 0 Å². The Morgan fingerprint density at radius 1 is 1.40 bits per heavy atom. The van der Waals surface area contributed by atoms with Crippen molar-refractivity contribution in [2.45, 2.75) is 38.3 Å². The average Bonchev–Trinajstić information content (AvgIpc) is 2.55. The summed E-state index contributed by atoms with van der Waals surface area (Å²) in [5.74, 6) is -0.0554. The zero-order chi connectivity index (χ0) is 18.3. The van der Waals surface area contributed by atoms with Gasteiger partial charge in [-0.15, -0.1) is 0 Å². The van der Waals surface area contributed by atoms with Crippen LogP contribution in [0.15, 0.2) is 24.4 Å². The number of sulfonamides is 1. The van der Waals surface area contributed by atoms with Crippen molar-refractivity contribution < 1.29 is 13.2 Å². The number of aromatic nitrogens is 1. The maximum absolute atomic E-state index is 12.1. The number of carbonyl (C=O) groups excluding carboxylic acids is 1. The van der Waals surface area contributed by atoms with Crippen LogP contribution in [-0.4, -0.2) is 67.5 Å². The first-order chi connectivity index (χ1) is 11.9. The fourth-order valence-electron chi connectivity index (χ4n) is 3.20. The third-order valence-corrected chi connectivity index (χ3v) is 5.70. The SMILES string of the molecule is CN(CC(=O)NCC[C@H]1CCCCN1S(C)(=O)=O)Cc1ccccn1. The van der Waals surface area contributed by atoms with E-state index in [0.29, 0.717) is 26.1 Å². The highest BCUT2D eigenvalue weighted by Gasteiger charge is 2.28. The van der Waals surface area contributed by atoms with Crippen LogP contribution >= 0.6 is 0 Å². The molecular formula is C17H28N4O3S. The van der Waals surface area contributed by atoms with E-state index < -0.39 is 10.0 Å². The third kappa shape index (κ3) is 6.72. The minimum absolute atomic E-state index is 0.00435. The monoisotopic (exact) mass is 368 g/mol. The summed E-state index contributed by atoms with van der Waals surface area (Å²) >= 11 is 0. The van der Waals surface area contributed by atoms with E-state index in [1.165, 1.54) is 6.26 Å². The van der Waals surface area contributed by atoms with Crippen LogP contribution in [0, 0.1) is 0 Å². The molecule has 1 N–H and O–H groups in total. The number of rotatable bonds is 8. The van der Waals surface area contributed by atoms with Gasteiger partial charge in [0.1, 0.15) is 0 Å². The standard InChI is InChI=1S/C17H28N4O3S/c1-20(13-15-7-3-5-10-18-15)14-17(22)19-11-9-16-8-4-6-12-21(16)25(2,23)24/h3,5,7,10,16H,4,6,8-9,11-14H2,1-2H3,(H,19,22)/t16-/m1/s1. The van der Waals surface area contributed by atoms with E-state index in [-0.39, 0.29) is 18.5 Å². The molecule has 2 heterocycles. The van der Waals surface area contributed by atoms with Crippen LogP contribution in [0.2, 0.25) is 0 Å². The Kier molecular flexibility index (Phi) is 7.34. The first kappa shape index (κ1) is 19.8. The molecule has 2 rings (SSSR count). The van der Waals surface area contributed by atoms with Gasteiger partial charge in [0.25, 0.3) is 0 Å². The van der Waals surface area contributed by atoms with Crippen LogP contribution in [0.1, 0.15) is 31.4 Å². The van der Waals surface area contributed by atoms with E-state index in [2.05, 4.69) is 10.3 Å². The Morgan fingerprint density at radius 3 is 2.88 bits per heavy atom. The first-order valence-corrected chi connectivity index (χ1v) is 10.5. The number of nitrogens with zero attached hydrogens (tertiary/aromatic N) is 3. The van der Waals surface area contributed by atoms with Crippen LogP contribution in [-0.2, 0) is 21.4 Å². The lowest BCUT2D eigenvalue weighted by Gasteiger charge is -2.33. The van der Waals surface area contributed by atoms with Gasteiger partial charge in [0.2, 0.25) is 15.9 Å². The summed E-state index contributed by atoms with van der Waals surface area (Å²) < 4.78 is 25.3. The molecule has 0 aliphatic carbocycles. The molecule has 0 saturated carbocycles. The topological polar surface area (TPSA) is 82.6 Å². The van der Waals surface area contributed by atoms with Gasteiger partial charge in [-0.25, -0.2) is 8.42 Å².